The normalized spacial score (nSPS) is 14.7. The van der Waals surface area contributed by atoms with Crippen molar-refractivity contribution >= 4 is 57.6 Å². The Kier molecular flexibility index (Phi) is 6.68. The molecule has 0 saturated carbocycles. The van der Waals surface area contributed by atoms with E-state index in [1.807, 2.05) is 79.7 Å². The summed E-state index contributed by atoms with van der Waals surface area (Å²) in [4.78, 5) is 27.4. The monoisotopic (exact) mass is 460 g/mol. The lowest BCUT2D eigenvalue weighted by molar-refractivity contribution is -0.118. The number of hydrogen-bond acceptors (Lipinski definition) is 5. The zero-order valence-corrected chi connectivity index (χ0v) is 18.9. The van der Waals surface area contributed by atoms with Crippen LogP contribution in [0.1, 0.15) is 11.1 Å². The molecule has 3 aromatic rings. The van der Waals surface area contributed by atoms with Gasteiger partial charge in [-0.3, -0.25) is 14.5 Å². The van der Waals surface area contributed by atoms with Crippen molar-refractivity contribution in [2.24, 2.45) is 0 Å². The predicted octanol–water partition coefficient (Wildman–Crippen LogP) is 5.42. The fourth-order valence-electron chi connectivity index (χ4n) is 3.18. The summed E-state index contributed by atoms with van der Waals surface area (Å²) >= 11 is 6.67. The van der Waals surface area contributed by atoms with Gasteiger partial charge in [-0.25, -0.2) is 0 Å². The average molecular weight is 461 g/mol. The summed E-state index contributed by atoms with van der Waals surface area (Å²) < 4.78 is 6.25. The summed E-state index contributed by atoms with van der Waals surface area (Å²) in [6, 6.07) is 24.1. The fourth-order valence-corrected chi connectivity index (χ4v) is 4.47. The quantitative estimate of drug-likeness (QED) is 0.393. The molecule has 4 rings (SSSR count). The topological polar surface area (TPSA) is 58.6 Å². The van der Waals surface area contributed by atoms with E-state index in [9.17, 15) is 9.59 Å². The smallest absolute Gasteiger partial charge is 0.270 e. The van der Waals surface area contributed by atoms with Crippen LogP contribution in [0, 0.1) is 6.92 Å². The molecule has 32 heavy (non-hydrogen) atoms. The molecule has 1 N–H and O–H groups in total. The van der Waals surface area contributed by atoms with Crippen LogP contribution in [0.4, 0.5) is 11.4 Å². The first kappa shape index (κ1) is 21.8. The highest BCUT2D eigenvalue weighted by Gasteiger charge is 2.33. The lowest BCUT2D eigenvalue weighted by Crippen LogP contribution is -2.27. The van der Waals surface area contributed by atoms with Gasteiger partial charge >= 0.3 is 0 Å². The number of carbonyl (C=O) groups is 2. The van der Waals surface area contributed by atoms with Gasteiger partial charge in [-0.1, -0.05) is 78.6 Å². The average Bonchev–Trinajstić information content (AvgIpc) is 3.08. The molecule has 160 valence electrons. The Morgan fingerprint density at radius 3 is 2.50 bits per heavy atom. The Labute approximate surface area is 196 Å². The third kappa shape index (κ3) is 4.90. The third-order valence-electron chi connectivity index (χ3n) is 4.79. The number of amides is 2. The lowest BCUT2D eigenvalue weighted by Gasteiger charge is -2.14. The number of thiocarbonyl (C=S) groups is 1. The minimum absolute atomic E-state index is 0.149. The molecule has 0 radical (unpaired) electrons. The predicted molar refractivity (Wildman–Crippen MR) is 134 cm³/mol. The number of rotatable bonds is 6. The molecule has 1 saturated heterocycles. The first-order chi connectivity index (χ1) is 15.5. The van der Waals surface area contributed by atoms with Gasteiger partial charge in [-0.2, -0.15) is 0 Å². The highest BCUT2D eigenvalue weighted by Crippen LogP contribution is 2.37. The third-order valence-corrected chi connectivity index (χ3v) is 6.09. The van der Waals surface area contributed by atoms with Crippen LogP contribution < -0.4 is 15.0 Å². The van der Waals surface area contributed by atoms with Crippen molar-refractivity contribution in [1.29, 1.82) is 0 Å². The van der Waals surface area contributed by atoms with Crippen LogP contribution in [0.5, 0.6) is 5.75 Å². The largest absolute Gasteiger partial charge is 0.483 e. The van der Waals surface area contributed by atoms with Crippen molar-refractivity contribution in [1.82, 2.24) is 0 Å². The van der Waals surface area contributed by atoms with Crippen molar-refractivity contribution in [3.8, 4) is 5.75 Å². The molecule has 5 nitrogen and oxygen atoms in total. The van der Waals surface area contributed by atoms with E-state index in [1.165, 1.54) is 16.7 Å². The molecule has 1 heterocycles. The van der Waals surface area contributed by atoms with E-state index >= 15 is 0 Å². The second-order valence-corrected chi connectivity index (χ2v) is 8.72. The molecular weight excluding hydrogens is 440 g/mol. The Balaban J connectivity index is 1.48. The number of benzene rings is 3. The van der Waals surface area contributed by atoms with Gasteiger partial charge in [0.2, 0.25) is 0 Å². The standard InChI is InChI=1S/C25H20N2O3S2/c1-17-9-5-7-13-20(17)26-23(28)16-30-21-14-8-6-10-18(21)15-22-24(29)27(25(31)32-22)19-11-3-2-4-12-19/h2-15H,16H2,1H3,(H,26,28)/b22-15-. The van der Waals surface area contributed by atoms with E-state index < -0.39 is 0 Å². The van der Waals surface area contributed by atoms with Gasteiger partial charge in [0.25, 0.3) is 11.8 Å². The zero-order valence-electron chi connectivity index (χ0n) is 17.3. The Morgan fingerprint density at radius 2 is 1.72 bits per heavy atom. The molecule has 0 spiro atoms. The minimum atomic E-state index is -0.260. The first-order valence-electron chi connectivity index (χ1n) is 9.93. The fraction of sp³-hybridized carbons (Fsp3) is 0.0800. The summed E-state index contributed by atoms with van der Waals surface area (Å²) in [7, 11) is 0. The van der Waals surface area contributed by atoms with Crippen LogP contribution in [0.25, 0.3) is 6.08 Å². The lowest BCUT2D eigenvalue weighted by atomic mass is 10.2. The number of ether oxygens (including phenoxy) is 1. The second-order valence-electron chi connectivity index (χ2n) is 7.04. The highest BCUT2D eigenvalue weighted by molar-refractivity contribution is 8.27. The SMILES string of the molecule is Cc1ccccc1NC(=O)COc1ccccc1/C=C1\SC(=S)N(c2ccccc2)C1=O. The highest BCUT2D eigenvalue weighted by atomic mass is 32.2. The Morgan fingerprint density at radius 1 is 1.03 bits per heavy atom. The van der Waals surface area contributed by atoms with E-state index in [4.69, 9.17) is 17.0 Å². The van der Waals surface area contributed by atoms with Gasteiger partial charge in [0, 0.05) is 11.3 Å². The molecule has 1 aliphatic heterocycles. The molecule has 0 atom stereocenters. The number of nitrogens with zero attached hydrogens (tertiary/aromatic N) is 1. The molecule has 2 amide bonds. The van der Waals surface area contributed by atoms with Crippen LogP contribution in [0.2, 0.25) is 0 Å². The van der Waals surface area contributed by atoms with Gasteiger partial charge in [-0.05, 0) is 42.8 Å². The number of anilines is 2. The molecule has 0 aromatic heterocycles. The van der Waals surface area contributed by atoms with Gasteiger partial charge in [-0.15, -0.1) is 0 Å². The van der Waals surface area contributed by atoms with Crippen molar-refractivity contribution in [2.45, 2.75) is 6.92 Å². The van der Waals surface area contributed by atoms with Crippen LogP contribution in [-0.4, -0.2) is 22.7 Å². The van der Waals surface area contributed by atoms with Crippen LogP contribution >= 0.6 is 24.0 Å². The number of para-hydroxylation sites is 3. The number of hydrogen-bond donors (Lipinski definition) is 1. The summed E-state index contributed by atoms with van der Waals surface area (Å²) in [5, 5.41) is 2.85. The maximum absolute atomic E-state index is 13.0. The second kappa shape index (κ2) is 9.80. The Hall–Kier alpha value is -3.42. The van der Waals surface area contributed by atoms with Crippen molar-refractivity contribution in [3.63, 3.8) is 0 Å². The summed E-state index contributed by atoms with van der Waals surface area (Å²) in [5.41, 5.74) is 3.15. The molecule has 0 bridgehead atoms. The van der Waals surface area contributed by atoms with Crippen LogP contribution in [0.15, 0.2) is 83.8 Å². The maximum atomic E-state index is 13.0. The van der Waals surface area contributed by atoms with E-state index in [0.717, 1.165) is 16.9 Å². The summed E-state index contributed by atoms with van der Waals surface area (Å²) in [6.07, 6.45) is 1.75. The molecule has 0 aliphatic carbocycles. The van der Waals surface area contributed by atoms with E-state index in [1.54, 1.807) is 12.1 Å². The van der Waals surface area contributed by atoms with Crippen molar-refractivity contribution in [3.05, 3.63) is 94.9 Å². The maximum Gasteiger partial charge on any atom is 0.270 e. The molecule has 3 aromatic carbocycles. The zero-order chi connectivity index (χ0) is 22.5. The summed E-state index contributed by atoms with van der Waals surface area (Å²) in [6.45, 7) is 1.78. The number of thioether (sulfide) groups is 1. The van der Waals surface area contributed by atoms with E-state index in [-0.39, 0.29) is 18.4 Å². The van der Waals surface area contributed by atoms with E-state index in [2.05, 4.69) is 5.32 Å². The van der Waals surface area contributed by atoms with Gasteiger partial charge in [0.05, 0.1) is 10.6 Å². The molecule has 7 heteroatoms. The van der Waals surface area contributed by atoms with Crippen LogP contribution in [-0.2, 0) is 9.59 Å². The molecular formula is C25H20N2O3S2. The van der Waals surface area contributed by atoms with Crippen molar-refractivity contribution in [2.75, 3.05) is 16.8 Å². The first-order valence-corrected chi connectivity index (χ1v) is 11.2. The molecule has 1 fully saturated rings. The van der Waals surface area contributed by atoms with Gasteiger partial charge < -0.3 is 10.1 Å². The van der Waals surface area contributed by atoms with Crippen LogP contribution in [0.3, 0.4) is 0 Å². The molecule has 1 aliphatic rings. The summed E-state index contributed by atoms with van der Waals surface area (Å²) in [5.74, 6) is 0.0696. The number of aryl methyl sites for hydroxylation is 1. The number of nitrogens with one attached hydrogen (secondary N) is 1. The minimum Gasteiger partial charge on any atom is -0.483 e. The van der Waals surface area contributed by atoms with E-state index in [0.29, 0.717) is 20.5 Å². The van der Waals surface area contributed by atoms with Gasteiger partial charge in [0.15, 0.2) is 10.9 Å². The Bertz CT molecular complexity index is 1210. The van der Waals surface area contributed by atoms with Gasteiger partial charge in [0.1, 0.15) is 5.75 Å². The number of carbonyl (C=O) groups excluding carboxylic acids is 2. The van der Waals surface area contributed by atoms with Crippen molar-refractivity contribution < 1.29 is 14.3 Å². The molecule has 0 unspecified atom stereocenters.